The van der Waals surface area contributed by atoms with Crippen LogP contribution in [0.1, 0.15) is 54.9 Å². The Kier molecular flexibility index (Phi) is 6.04. The highest BCUT2D eigenvalue weighted by molar-refractivity contribution is 5.95. The molecule has 3 heterocycles. The summed E-state index contributed by atoms with van der Waals surface area (Å²) in [6.45, 7) is 6.87. The molecule has 0 saturated carbocycles. The van der Waals surface area contributed by atoms with E-state index in [1.165, 1.54) is 6.42 Å². The molecule has 2 atom stereocenters. The summed E-state index contributed by atoms with van der Waals surface area (Å²) >= 11 is 0. The Morgan fingerprint density at radius 1 is 1.25 bits per heavy atom. The third kappa shape index (κ3) is 3.98. The van der Waals surface area contributed by atoms with Crippen molar-refractivity contribution >= 4 is 5.91 Å². The highest BCUT2D eigenvalue weighted by Gasteiger charge is 2.44. The number of aliphatic hydroxyl groups is 1. The topological polar surface area (TPSA) is 53.0 Å². The van der Waals surface area contributed by atoms with Gasteiger partial charge in [0.2, 0.25) is 0 Å². The molecule has 5 heteroatoms. The fraction of sp³-hybridized carbons (Fsp3) is 0.696. The number of hydrogen-bond acceptors (Lipinski definition) is 4. The van der Waals surface area contributed by atoms with Crippen molar-refractivity contribution in [2.75, 3.05) is 39.4 Å². The van der Waals surface area contributed by atoms with Crippen LogP contribution in [0, 0.1) is 5.41 Å². The maximum atomic E-state index is 13.0. The normalized spacial score (nSPS) is 27.6. The van der Waals surface area contributed by atoms with Crippen molar-refractivity contribution in [2.45, 2.75) is 57.6 Å². The second-order valence-corrected chi connectivity index (χ2v) is 8.91. The van der Waals surface area contributed by atoms with E-state index in [1.54, 1.807) is 0 Å². The van der Waals surface area contributed by atoms with Gasteiger partial charge in [-0.05, 0) is 62.1 Å². The molecule has 154 valence electrons. The van der Waals surface area contributed by atoms with Gasteiger partial charge >= 0.3 is 0 Å². The van der Waals surface area contributed by atoms with E-state index in [9.17, 15) is 9.90 Å². The number of benzene rings is 1. The fourth-order valence-electron chi connectivity index (χ4n) is 5.36. The summed E-state index contributed by atoms with van der Waals surface area (Å²) in [5.74, 6) is 0.186. The van der Waals surface area contributed by atoms with Gasteiger partial charge in [0.15, 0.2) is 0 Å². The summed E-state index contributed by atoms with van der Waals surface area (Å²) in [5, 5.41) is 9.55. The van der Waals surface area contributed by atoms with Crippen molar-refractivity contribution < 1.29 is 14.6 Å². The van der Waals surface area contributed by atoms with Crippen molar-refractivity contribution in [1.29, 1.82) is 0 Å². The van der Waals surface area contributed by atoms with Crippen molar-refractivity contribution in [3.05, 3.63) is 35.4 Å². The summed E-state index contributed by atoms with van der Waals surface area (Å²) in [5.41, 5.74) is 2.24. The van der Waals surface area contributed by atoms with Crippen LogP contribution in [0.5, 0.6) is 0 Å². The molecule has 1 spiro atoms. The maximum Gasteiger partial charge on any atom is 0.254 e. The standard InChI is InChI=1S/C23H34N2O3/c1-2-18-6-3-4-8-21(18)22(27)24-12-9-23(10-13-24)14-20(28-17-23)15-25-11-5-7-19(25)16-26/h3-4,6,8,19-20,26H,2,5,7,9-17H2,1H3/t19-,20-/m0/s1. The second-order valence-electron chi connectivity index (χ2n) is 8.91. The first-order valence-corrected chi connectivity index (χ1v) is 11.0. The summed E-state index contributed by atoms with van der Waals surface area (Å²) in [6.07, 6.45) is 6.61. The number of likely N-dealkylation sites (tertiary alicyclic amines) is 2. The lowest BCUT2D eigenvalue weighted by Crippen LogP contribution is -2.44. The minimum atomic E-state index is 0.186. The van der Waals surface area contributed by atoms with E-state index in [-0.39, 0.29) is 24.0 Å². The summed E-state index contributed by atoms with van der Waals surface area (Å²) in [4.78, 5) is 17.5. The van der Waals surface area contributed by atoms with Gasteiger partial charge in [0.25, 0.3) is 5.91 Å². The van der Waals surface area contributed by atoms with Gasteiger partial charge in [0, 0.05) is 31.2 Å². The summed E-state index contributed by atoms with van der Waals surface area (Å²) < 4.78 is 6.19. The first kappa shape index (κ1) is 19.9. The van der Waals surface area contributed by atoms with Gasteiger partial charge in [-0.1, -0.05) is 25.1 Å². The van der Waals surface area contributed by atoms with E-state index >= 15 is 0 Å². The Morgan fingerprint density at radius 3 is 2.79 bits per heavy atom. The highest BCUT2D eigenvalue weighted by atomic mass is 16.5. The number of rotatable bonds is 5. The van der Waals surface area contributed by atoms with Crippen LogP contribution in [-0.4, -0.2) is 72.4 Å². The number of nitrogens with zero attached hydrogens (tertiary/aromatic N) is 2. The average molecular weight is 387 g/mol. The number of piperidine rings is 1. The molecule has 0 aliphatic carbocycles. The number of ether oxygens (including phenoxy) is 1. The van der Waals surface area contributed by atoms with Crippen LogP contribution in [0.3, 0.4) is 0 Å². The monoisotopic (exact) mass is 386 g/mol. The maximum absolute atomic E-state index is 13.0. The van der Waals surface area contributed by atoms with E-state index in [2.05, 4.69) is 17.9 Å². The number of carbonyl (C=O) groups is 1. The molecule has 3 aliphatic heterocycles. The number of carbonyl (C=O) groups excluding carboxylic acids is 1. The number of aliphatic hydroxyl groups excluding tert-OH is 1. The number of amides is 1. The minimum absolute atomic E-state index is 0.186. The van der Waals surface area contributed by atoms with Crippen molar-refractivity contribution in [1.82, 2.24) is 9.80 Å². The average Bonchev–Trinajstić information content (AvgIpc) is 3.35. The van der Waals surface area contributed by atoms with Crippen LogP contribution in [-0.2, 0) is 11.2 Å². The molecule has 28 heavy (non-hydrogen) atoms. The molecule has 3 aliphatic rings. The lowest BCUT2D eigenvalue weighted by atomic mass is 9.76. The quantitative estimate of drug-likeness (QED) is 0.845. The molecule has 1 amide bonds. The molecule has 0 bridgehead atoms. The third-order valence-electron chi connectivity index (χ3n) is 7.17. The van der Waals surface area contributed by atoms with Gasteiger partial charge in [-0.25, -0.2) is 0 Å². The first-order chi connectivity index (χ1) is 13.6. The van der Waals surface area contributed by atoms with Crippen LogP contribution in [0.4, 0.5) is 0 Å². The SMILES string of the molecule is CCc1ccccc1C(=O)N1CCC2(CC1)CO[C@H](CN1CCC[C@H]1CO)C2. The zero-order valence-corrected chi connectivity index (χ0v) is 17.1. The Bertz CT molecular complexity index is 684. The van der Waals surface area contributed by atoms with Crippen LogP contribution < -0.4 is 0 Å². The Balaban J connectivity index is 1.32. The third-order valence-corrected chi connectivity index (χ3v) is 7.17. The fourth-order valence-corrected chi connectivity index (χ4v) is 5.36. The molecule has 1 aromatic rings. The predicted octanol–water partition coefficient (Wildman–Crippen LogP) is 2.72. The van der Waals surface area contributed by atoms with Crippen LogP contribution >= 0.6 is 0 Å². The van der Waals surface area contributed by atoms with Gasteiger partial charge in [-0.2, -0.15) is 0 Å². The summed E-state index contributed by atoms with van der Waals surface area (Å²) in [7, 11) is 0. The Morgan fingerprint density at radius 2 is 2.04 bits per heavy atom. The molecule has 5 nitrogen and oxygen atoms in total. The second kappa shape index (κ2) is 8.52. The zero-order chi connectivity index (χ0) is 19.6. The van der Waals surface area contributed by atoms with E-state index in [0.29, 0.717) is 6.04 Å². The highest BCUT2D eigenvalue weighted by Crippen LogP contribution is 2.42. The molecule has 3 fully saturated rings. The molecule has 3 saturated heterocycles. The molecule has 1 aromatic carbocycles. The molecule has 4 rings (SSSR count). The molecular weight excluding hydrogens is 352 g/mol. The largest absolute Gasteiger partial charge is 0.395 e. The molecule has 0 unspecified atom stereocenters. The molecular formula is C23H34N2O3. The first-order valence-electron chi connectivity index (χ1n) is 11.0. The molecule has 0 radical (unpaired) electrons. The van der Waals surface area contributed by atoms with Crippen LogP contribution in [0.15, 0.2) is 24.3 Å². The van der Waals surface area contributed by atoms with Crippen LogP contribution in [0.2, 0.25) is 0 Å². The lowest BCUT2D eigenvalue weighted by molar-refractivity contribution is 0.0401. The molecule has 0 aromatic heterocycles. The van der Waals surface area contributed by atoms with E-state index in [1.807, 2.05) is 23.1 Å². The van der Waals surface area contributed by atoms with Gasteiger partial charge in [0.05, 0.1) is 19.3 Å². The van der Waals surface area contributed by atoms with E-state index < -0.39 is 0 Å². The number of aryl methyl sites for hydroxylation is 1. The van der Waals surface area contributed by atoms with Crippen molar-refractivity contribution in [3.63, 3.8) is 0 Å². The van der Waals surface area contributed by atoms with Crippen molar-refractivity contribution in [2.24, 2.45) is 5.41 Å². The predicted molar refractivity (Wildman–Crippen MR) is 109 cm³/mol. The van der Waals surface area contributed by atoms with E-state index in [0.717, 1.165) is 76.0 Å². The minimum Gasteiger partial charge on any atom is -0.395 e. The van der Waals surface area contributed by atoms with Gasteiger partial charge < -0.3 is 14.7 Å². The van der Waals surface area contributed by atoms with Crippen molar-refractivity contribution in [3.8, 4) is 0 Å². The van der Waals surface area contributed by atoms with Gasteiger partial charge in [-0.3, -0.25) is 9.69 Å². The lowest BCUT2D eigenvalue weighted by Gasteiger charge is -2.38. The number of hydrogen-bond donors (Lipinski definition) is 1. The van der Waals surface area contributed by atoms with Gasteiger partial charge in [-0.15, -0.1) is 0 Å². The van der Waals surface area contributed by atoms with E-state index in [4.69, 9.17) is 4.74 Å². The molecule has 1 N–H and O–H groups in total. The summed E-state index contributed by atoms with van der Waals surface area (Å²) in [6, 6.07) is 8.32. The Labute approximate surface area is 168 Å². The van der Waals surface area contributed by atoms with Gasteiger partial charge in [0.1, 0.15) is 0 Å². The Hall–Kier alpha value is -1.43. The smallest absolute Gasteiger partial charge is 0.254 e. The van der Waals surface area contributed by atoms with Crippen LogP contribution in [0.25, 0.3) is 0 Å². The zero-order valence-electron chi connectivity index (χ0n) is 17.1.